The maximum Gasteiger partial charge on any atom is 0.124 e. The largest absolute Gasteiger partial charge is 0.396 e. The highest BCUT2D eigenvalue weighted by Crippen LogP contribution is 2.16. The van der Waals surface area contributed by atoms with Gasteiger partial charge in [0.1, 0.15) is 5.82 Å². The highest BCUT2D eigenvalue weighted by atomic mass is 19.1. The molecule has 0 bridgehead atoms. The van der Waals surface area contributed by atoms with E-state index in [0.29, 0.717) is 12.0 Å². The second kappa shape index (κ2) is 4.70. The molecule has 0 spiro atoms. The smallest absolute Gasteiger partial charge is 0.124 e. The van der Waals surface area contributed by atoms with E-state index in [-0.39, 0.29) is 12.2 Å². The zero-order chi connectivity index (χ0) is 10.6. The molecule has 1 aromatic rings. The third-order valence-corrected chi connectivity index (χ3v) is 1.92. The fourth-order valence-electron chi connectivity index (χ4n) is 1.20. The summed E-state index contributed by atoms with van der Waals surface area (Å²) in [4.78, 5) is 0. The molecule has 14 heavy (non-hydrogen) atoms. The summed E-state index contributed by atoms with van der Waals surface area (Å²) in [7, 11) is 0. The van der Waals surface area contributed by atoms with Gasteiger partial charge in [0, 0.05) is 12.6 Å². The topological polar surface area (TPSA) is 70.0 Å². The number of aliphatic hydroxyl groups is 1. The zero-order valence-corrected chi connectivity index (χ0v) is 7.57. The quantitative estimate of drug-likeness (QED) is 0.756. The van der Waals surface area contributed by atoms with Gasteiger partial charge in [-0.3, -0.25) is 0 Å². The molecule has 74 valence electrons. The summed E-state index contributed by atoms with van der Waals surface area (Å²) in [5, 5.41) is 17.2. The van der Waals surface area contributed by atoms with E-state index in [1.165, 1.54) is 12.1 Å². The van der Waals surface area contributed by atoms with Crippen molar-refractivity contribution in [1.29, 1.82) is 5.26 Å². The Bertz CT molecular complexity index is 360. The first kappa shape index (κ1) is 10.6. The lowest BCUT2D eigenvalue weighted by molar-refractivity contribution is 0.276. The molecule has 4 heteroatoms. The molecule has 0 heterocycles. The fourth-order valence-corrected chi connectivity index (χ4v) is 1.20. The number of aliphatic hydroxyl groups excluding tert-OH is 1. The van der Waals surface area contributed by atoms with Gasteiger partial charge in [0.2, 0.25) is 0 Å². The van der Waals surface area contributed by atoms with Crippen LogP contribution in [0.3, 0.4) is 0 Å². The molecule has 1 unspecified atom stereocenters. The van der Waals surface area contributed by atoms with Gasteiger partial charge in [0.05, 0.1) is 11.6 Å². The minimum absolute atomic E-state index is 0.0560. The van der Waals surface area contributed by atoms with E-state index in [9.17, 15) is 4.39 Å². The van der Waals surface area contributed by atoms with Gasteiger partial charge in [-0.05, 0) is 30.2 Å². The summed E-state index contributed by atoms with van der Waals surface area (Å²) in [5.74, 6) is -0.479. The molecular formula is C10H11FN2O. The average molecular weight is 194 g/mol. The van der Waals surface area contributed by atoms with E-state index in [1.807, 2.05) is 6.07 Å². The Labute approximate surface area is 81.6 Å². The predicted octanol–water partition coefficient (Wildman–Crippen LogP) is 1.08. The Hall–Kier alpha value is -1.44. The van der Waals surface area contributed by atoms with Gasteiger partial charge in [-0.2, -0.15) is 5.26 Å². The molecule has 1 rings (SSSR count). The van der Waals surface area contributed by atoms with Crippen molar-refractivity contribution in [2.24, 2.45) is 5.73 Å². The summed E-state index contributed by atoms with van der Waals surface area (Å²) in [5.41, 5.74) is 6.44. The van der Waals surface area contributed by atoms with Crippen LogP contribution >= 0.6 is 0 Å². The summed E-state index contributed by atoms with van der Waals surface area (Å²) in [6.45, 7) is -0.0560. The van der Waals surface area contributed by atoms with Gasteiger partial charge in [0.25, 0.3) is 0 Å². The predicted molar refractivity (Wildman–Crippen MR) is 49.7 cm³/mol. The van der Waals surface area contributed by atoms with E-state index in [1.54, 1.807) is 0 Å². The summed E-state index contributed by atoms with van der Waals surface area (Å²) < 4.78 is 12.9. The van der Waals surface area contributed by atoms with E-state index in [0.717, 1.165) is 6.07 Å². The van der Waals surface area contributed by atoms with E-state index in [4.69, 9.17) is 16.1 Å². The van der Waals surface area contributed by atoms with Gasteiger partial charge in [-0.1, -0.05) is 0 Å². The van der Waals surface area contributed by atoms with E-state index in [2.05, 4.69) is 0 Å². The Kier molecular flexibility index (Phi) is 3.57. The van der Waals surface area contributed by atoms with Crippen LogP contribution in [0.2, 0.25) is 0 Å². The van der Waals surface area contributed by atoms with Gasteiger partial charge in [0.15, 0.2) is 0 Å². The van der Waals surface area contributed by atoms with Crippen LogP contribution in [0.5, 0.6) is 0 Å². The van der Waals surface area contributed by atoms with Crippen LogP contribution < -0.4 is 5.73 Å². The lowest BCUT2D eigenvalue weighted by Crippen LogP contribution is -2.12. The number of hydrogen-bond acceptors (Lipinski definition) is 3. The molecule has 0 aliphatic heterocycles. The molecule has 0 saturated carbocycles. The van der Waals surface area contributed by atoms with Crippen molar-refractivity contribution in [3.8, 4) is 6.07 Å². The molecule has 3 N–H and O–H groups in total. The normalized spacial score (nSPS) is 12.1. The number of nitriles is 1. The number of halogens is 1. The molecule has 0 saturated heterocycles. The van der Waals surface area contributed by atoms with E-state index < -0.39 is 11.9 Å². The SMILES string of the molecule is N#Cc1cc(F)cc(C(N)CCO)c1. The lowest BCUT2D eigenvalue weighted by Gasteiger charge is -2.10. The number of benzene rings is 1. The molecule has 1 atom stereocenters. The molecule has 0 radical (unpaired) electrons. The summed E-state index contributed by atoms with van der Waals surface area (Å²) in [6.07, 6.45) is 0.355. The van der Waals surface area contributed by atoms with Crippen molar-refractivity contribution in [3.05, 3.63) is 35.1 Å². The van der Waals surface area contributed by atoms with Crippen LogP contribution in [-0.4, -0.2) is 11.7 Å². The first-order chi connectivity index (χ1) is 6.67. The number of rotatable bonds is 3. The van der Waals surface area contributed by atoms with E-state index >= 15 is 0 Å². The van der Waals surface area contributed by atoms with Crippen LogP contribution in [0.4, 0.5) is 4.39 Å². The van der Waals surface area contributed by atoms with Gasteiger partial charge in [-0.15, -0.1) is 0 Å². The maximum absolute atomic E-state index is 12.9. The first-order valence-corrected chi connectivity index (χ1v) is 4.24. The molecule has 3 nitrogen and oxygen atoms in total. The van der Waals surface area contributed by atoms with Crippen LogP contribution in [0.1, 0.15) is 23.6 Å². The first-order valence-electron chi connectivity index (χ1n) is 4.24. The van der Waals surface area contributed by atoms with Gasteiger partial charge < -0.3 is 10.8 Å². The molecule has 1 aromatic carbocycles. The summed E-state index contributed by atoms with van der Waals surface area (Å²) >= 11 is 0. The van der Waals surface area contributed by atoms with Crippen molar-refractivity contribution in [1.82, 2.24) is 0 Å². The second-order valence-corrected chi connectivity index (χ2v) is 3.00. The van der Waals surface area contributed by atoms with Crippen LogP contribution in [0.15, 0.2) is 18.2 Å². The van der Waals surface area contributed by atoms with Crippen LogP contribution in [0.25, 0.3) is 0 Å². The maximum atomic E-state index is 12.9. The van der Waals surface area contributed by atoms with Crippen molar-refractivity contribution >= 4 is 0 Å². The monoisotopic (exact) mass is 194 g/mol. The standard InChI is InChI=1S/C10H11FN2O/c11-9-4-7(6-12)3-8(5-9)10(13)1-2-14/h3-5,10,14H,1-2,13H2. The molecular weight excluding hydrogens is 183 g/mol. The Morgan fingerprint density at radius 2 is 2.21 bits per heavy atom. The number of nitrogens with two attached hydrogens (primary N) is 1. The molecule has 0 aromatic heterocycles. The highest BCUT2D eigenvalue weighted by molar-refractivity contribution is 5.34. The van der Waals surface area contributed by atoms with Crippen LogP contribution in [0, 0.1) is 17.1 Å². The third kappa shape index (κ3) is 2.52. The summed E-state index contributed by atoms with van der Waals surface area (Å²) in [6, 6.07) is 5.38. The molecule has 0 aliphatic carbocycles. The Balaban J connectivity index is 2.98. The van der Waals surface area contributed by atoms with Gasteiger partial charge in [-0.25, -0.2) is 4.39 Å². The molecule has 0 aliphatic rings. The molecule has 0 fully saturated rings. The van der Waals surface area contributed by atoms with Crippen molar-refractivity contribution in [3.63, 3.8) is 0 Å². The minimum Gasteiger partial charge on any atom is -0.396 e. The number of hydrogen-bond donors (Lipinski definition) is 2. The fraction of sp³-hybridized carbons (Fsp3) is 0.300. The zero-order valence-electron chi connectivity index (χ0n) is 7.57. The van der Waals surface area contributed by atoms with Crippen molar-refractivity contribution in [2.75, 3.05) is 6.61 Å². The Morgan fingerprint density at radius 3 is 2.79 bits per heavy atom. The van der Waals surface area contributed by atoms with Crippen LogP contribution in [-0.2, 0) is 0 Å². The highest BCUT2D eigenvalue weighted by Gasteiger charge is 2.08. The minimum atomic E-state index is -0.479. The Morgan fingerprint density at radius 1 is 1.50 bits per heavy atom. The van der Waals surface area contributed by atoms with Crippen molar-refractivity contribution in [2.45, 2.75) is 12.5 Å². The number of nitrogens with zero attached hydrogens (tertiary/aromatic N) is 1. The third-order valence-electron chi connectivity index (χ3n) is 1.92. The molecule has 0 amide bonds. The second-order valence-electron chi connectivity index (χ2n) is 3.00. The van der Waals surface area contributed by atoms with Gasteiger partial charge >= 0.3 is 0 Å². The average Bonchev–Trinajstić information content (AvgIpc) is 2.17. The van der Waals surface area contributed by atoms with Crippen molar-refractivity contribution < 1.29 is 9.50 Å². The lowest BCUT2D eigenvalue weighted by atomic mass is 10.0.